The first-order valence-electron chi connectivity index (χ1n) is 4.04. The monoisotopic (exact) mass is 174 g/mol. The van der Waals surface area contributed by atoms with Crippen molar-refractivity contribution < 1.29 is 0 Å². The predicted octanol–water partition coefficient (Wildman–Crippen LogP) is 1.31. The Balaban J connectivity index is 2.41. The molecule has 0 unspecified atom stereocenters. The normalized spacial score (nSPS) is 9.92. The van der Waals surface area contributed by atoms with Crippen molar-refractivity contribution in [2.24, 2.45) is 0 Å². The summed E-state index contributed by atoms with van der Waals surface area (Å²) in [4.78, 5) is 0. The molecule has 4 nitrogen and oxygen atoms in total. The Bertz CT molecular complexity index is 380. The summed E-state index contributed by atoms with van der Waals surface area (Å²) in [7, 11) is 1.89. The van der Waals surface area contributed by atoms with Crippen molar-refractivity contribution in [1.82, 2.24) is 15.0 Å². The van der Waals surface area contributed by atoms with Crippen LogP contribution in [0.3, 0.4) is 0 Å². The lowest BCUT2D eigenvalue weighted by Gasteiger charge is -2.03. The van der Waals surface area contributed by atoms with Gasteiger partial charge < -0.3 is 5.32 Å². The first kappa shape index (κ1) is 7.79. The Kier molecular flexibility index (Phi) is 1.96. The zero-order valence-electron chi connectivity index (χ0n) is 7.31. The first-order valence-corrected chi connectivity index (χ1v) is 4.04. The number of rotatable bonds is 2. The van der Waals surface area contributed by atoms with Gasteiger partial charge in [0.25, 0.3) is 0 Å². The average Bonchev–Trinajstić information content (AvgIpc) is 2.71. The molecule has 0 amide bonds. The molecule has 0 radical (unpaired) electrons. The van der Waals surface area contributed by atoms with E-state index in [0.717, 1.165) is 11.4 Å². The van der Waals surface area contributed by atoms with E-state index in [1.165, 1.54) is 0 Å². The van der Waals surface area contributed by atoms with E-state index in [9.17, 15) is 0 Å². The molecule has 1 heterocycles. The van der Waals surface area contributed by atoms with Crippen molar-refractivity contribution in [3.8, 4) is 5.69 Å². The van der Waals surface area contributed by atoms with Crippen molar-refractivity contribution in [3.63, 3.8) is 0 Å². The number of anilines is 1. The maximum Gasteiger partial charge on any atom is 0.0697 e. The van der Waals surface area contributed by atoms with E-state index in [0.29, 0.717) is 0 Å². The Hall–Kier alpha value is -1.84. The van der Waals surface area contributed by atoms with Gasteiger partial charge in [-0.1, -0.05) is 11.3 Å². The van der Waals surface area contributed by atoms with Crippen LogP contribution in [0, 0.1) is 0 Å². The number of nitrogens with one attached hydrogen (secondary N) is 1. The molecule has 0 saturated carbocycles. The van der Waals surface area contributed by atoms with Gasteiger partial charge in [0.2, 0.25) is 0 Å². The Morgan fingerprint density at radius 2 is 2.31 bits per heavy atom. The molecule has 1 aromatic heterocycles. The van der Waals surface area contributed by atoms with Crippen molar-refractivity contribution in [3.05, 3.63) is 36.7 Å². The second-order valence-electron chi connectivity index (χ2n) is 2.65. The van der Waals surface area contributed by atoms with Gasteiger partial charge in [-0.25, -0.2) is 4.68 Å². The van der Waals surface area contributed by atoms with Gasteiger partial charge in [0.05, 0.1) is 18.1 Å². The zero-order valence-corrected chi connectivity index (χ0v) is 7.31. The van der Waals surface area contributed by atoms with E-state index >= 15 is 0 Å². The summed E-state index contributed by atoms with van der Waals surface area (Å²) in [6.45, 7) is 0. The Morgan fingerprint density at radius 3 is 3.00 bits per heavy atom. The summed E-state index contributed by atoms with van der Waals surface area (Å²) in [6.07, 6.45) is 3.47. The minimum Gasteiger partial charge on any atom is -0.388 e. The highest BCUT2D eigenvalue weighted by molar-refractivity contribution is 5.50. The number of aromatic nitrogens is 3. The second-order valence-corrected chi connectivity index (χ2v) is 2.65. The van der Waals surface area contributed by atoms with Gasteiger partial charge in [-0.15, -0.1) is 5.10 Å². The third-order valence-corrected chi connectivity index (χ3v) is 1.82. The van der Waals surface area contributed by atoms with E-state index in [-0.39, 0.29) is 0 Å². The van der Waals surface area contributed by atoms with Gasteiger partial charge in [-0.2, -0.15) is 0 Å². The summed E-state index contributed by atoms with van der Waals surface area (Å²) < 4.78 is 1.72. The van der Waals surface area contributed by atoms with Gasteiger partial charge in [0, 0.05) is 12.7 Å². The molecular formula is C9H10N4. The number of hydrogen-bond acceptors (Lipinski definition) is 3. The van der Waals surface area contributed by atoms with E-state index in [1.807, 2.05) is 37.5 Å². The van der Waals surface area contributed by atoms with E-state index in [2.05, 4.69) is 15.6 Å². The molecule has 0 atom stereocenters. The summed E-state index contributed by atoms with van der Waals surface area (Å²) in [5.74, 6) is 0. The molecule has 0 saturated heterocycles. The molecule has 0 fully saturated rings. The van der Waals surface area contributed by atoms with Crippen LogP contribution in [0.5, 0.6) is 0 Å². The van der Waals surface area contributed by atoms with E-state index in [4.69, 9.17) is 0 Å². The van der Waals surface area contributed by atoms with Crippen LogP contribution in [0.4, 0.5) is 5.69 Å². The van der Waals surface area contributed by atoms with E-state index in [1.54, 1.807) is 10.9 Å². The van der Waals surface area contributed by atoms with Crippen LogP contribution in [0.15, 0.2) is 36.7 Å². The molecule has 0 spiro atoms. The van der Waals surface area contributed by atoms with Gasteiger partial charge in [0.15, 0.2) is 0 Å². The van der Waals surface area contributed by atoms with E-state index < -0.39 is 0 Å². The minimum absolute atomic E-state index is 1.00. The Labute approximate surface area is 76.2 Å². The van der Waals surface area contributed by atoms with Crippen LogP contribution >= 0.6 is 0 Å². The molecule has 13 heavy (non-hydrogen) atoms. The van der Waals surface area contributed by atoms with Crippen LogP contribution < -0.4 is 5.32 Å². The minimum atomic E-state index is 1.00. The van der Waals surface area contributed by atoms with Crippen LogP contribution in [0.1, 0.15) is 0 Å². The lowest BCUT2D eigenvalue weighted by molar-refractivity contribution is 0.803. The first-order chi connectivity index (χ1) is 6.40. The Morgan fingerprint density at radius 1 is 1.38 bits per heavy atom. The highest BCUT2D eigenvalue weighted by Gasteiger charge is 1.96. The summed E-state index contributed by atoms with van der Waals surface area (Å²) >= 11 is 0. The molecule has 2 rings (SSSR count). The molecule has 0 aliphatic carbocycles. The number of benzene rings is 1. The van der Waals surface area contributed by atoms with Crippen molar-refractivity contribution in [2.75, 3.05) is 12.4 Å². The molecule has 0 aliphatic heterocycles. The molecule has 1 aromatic carbocycles. The highest BCUT2D eigenvalue weighted by Crippen LogP contribution is 2.12. The highest BCUT2D eigenvalue weighted by atomic mass is 15.4. The van der Waals surface area contributed by atoms with Gasteiger partial charge in [-0.3, -0.25) is 0 Å². The number of nitrogens with zero attached hydrogens (tertiary/aromatic N) is 3. The third kappa shape index (κ3) is 1.51. The molecule has 0 aliphatic rings. The summed E-state index contributed by atoms with van der Waals surface area (Å²) in [6, 6.07) is 7.97. The van der Waals surface area contributed by atoms with Crippen LogP contribution in [0.25, 0.3) is 5.69 Å². The zero-order chi connectivity index (χ0) is 9.10. The lowest BCUT2D eigenvalue weighted by atomic mass is 10.3. The fourth-order valence-corrected chi connectivity index (χ4v) is 1.15. The molecule has 4 heteroatoms. The quantitative estimate of drug-likeness (QED) is 0.746. The van der Waals surface area contributed by atoms with Gasteiger partial charge in [-0.05, 0) is 18.2 Å². The van der Waals surface area contributed by atoms with Crippen molar-refractivity contribution >= 4 is 5.69 Å². The lowest BCUT2D eigenvalue weighted by Crippen LogP contribution is -1.96. The van der Waals surface area contributed by atoms with Crippen LogP contribution in [-0.2, 0) is 0 Å². The second kappa shape index (κ2) is 3.26. The average molecular weight is 174 g/mol. The maximum atomic E-state index is 3.90. The number of hydrogen-bond donors (Lipinski definition) is 1. The summed E-state index contributed by atoms with van der Waals surface area (Å²) in [5, 5.41) is 10.7. The van der Waals surface area contributed by atoms with Crippen LogP contribution in [0.2, 0.25) is 0 Å². The summed E-state index contributed by atoms with van der Waals surface area (Å²) in [5.41, 5.74) is 2.07. The molecule has 66 valence electrons. The van der Waals surface area contributed by atoms with Crippen molar-refractivity contribution in [2.45, 2.75) is 0 Å². The van der Waals surface area contributed by atoms with Crippen molar-refractivity contribution in [1.29, 1.82) is 0 Å². The predicted molar refractivity (Wildman–Crippen MR) is 50.9 cm³/mol. The molecule has 2 aromatic rings. The van der Waals surface area contributed by atoms with Crippen LogP contribution in [-0.4, -0.2) is 22.0 Å². The third-order valence-electron chi connectivity index (χ3n) is 1.82. The smallest absolute Gasteiger partial charge is 0.0697 e. The van der Waals surface area contributed by atoms with Gasteiger partial charge in [0.1, 0.15) is 0 Å². The van der Waals surface area contributed by atoms with Gasteiger partial charge >= 0.3 is 0 Å². The SMILES string of the molecule is CNc1cccc(-n2ccnn2)c1. The topological polar surface area (TPSA) is 42.7 Å². The fourth-order valence-electron chi connectivity index (χ4n) is 1.15. The molecule has 1 N–H and O–H groups in total. The molecule has 0 bridgehead atoms. The molecular weight excluding hydrogens is 164 g/mol. The maximum absolute atomic E-state index is 3.90. The standard InChI is InChI=1S/C9H10N4/c1-10-8-3-2-4-9(7-8)13-6-5-11-12-13/h2-7,10H,1H3. The largest absolute Gasteiger partial charge is 0.388 e. The fraction of sp³-hybridized carbons (Fsp3) is 0.111.